The van der Waals surface area contributed by atoms with Crippen molar-refractivity contribution < 1.29 is 0 Å². The second-order valence-corrected chi connectivity index (χ2v) is 27.3. The predicted molar refractivity (Wildman–Crippen MR) is 411 cm³/mol. The predicted octanol–water partition coefficient (Wildman–Crippen LogP) is 25.8. The highest BCUT2D eigenvalue weighted by molar-refractivity contribution is 9.10. The van der Waals surface area contributed by atoms with Crippen LogP contribution >= 0.6 is 38.6 Å². The van der Waals surface area contributed by atoms with E-state index in [9.17, 15) is 0 Å². The van der Waals surface area contributed by atoms with E-state index < -0.39 is 0 Å². The molecular weight excluding hydrogens is 1260 g/mol. The topological polar surface area (TPSA) is 14.8 Å². The third-order valence-corrected chi connectivity index (χ3v) is 22.1. The molecule has 20 rings (SSSR count). The molecule has 1 aliphatic carbocycles. The zero-order valence-corrected chi connectivity index (χ0v) is 54.8. The summed E-state index contributed by atoms with van der Waals surface area (Å²) in [5.41, 5.74) is 24.4. The second-order valence-electron chi connectivity index (χ2n) is 24.4. The Labute approximate surface area is 566 Å². The Kier molecular flexibility index (Phi) is 14.2. The molecule has 448 valence electrons. The second kappa shape index (κ2) is 23.8. The van der Waals surface area contributed by atoms with Gasteiger partial charge in [0.15, 0.2) is 0 Å². The zero-order valence-electron chi connectivity index (χ0n) is 51.6. The van der Waals surface area contributed by atoms with Crippen LogP contribution in [0.3, 0.4) is 0 Å². The number of para-hydroxylation sites is 3. The fourth-order valence-electron chi connectivity index (χ4n) is 14.6. The molecule has 19 aromatic rings. The average molecular weight is 1310 g/mol. The van der Waals surface area contributed by atoms with E-state index >= 15 is 0 Å². The van der Waals surface area contributed by atoms with E-state index in [1.54, 1.807) is 0 Å². The van der Waals surface area contributed by atoms with Gasteiger partial charge < -0.3 is 13.7 Å². The Morgan fingerprint density at radius 3 is 1.21 bits per heavy atom. The van der Waals surface area contributed by atoms with Gasteiger partial charge in [0.05, 0.1) is 22.1 Å². The monoisotopic (exact) mass is 1310 g/mol. The highest BCUT2D eigenvalue weighted by atomic mass is 79.9. The third-order valence-electron chi connectivity index (χ3n) is 19.0. The summed E-state index contributed by atoms with van der Waals surface area (Å²) in [5, 5.41) is 10.4. The molecule has 0 bridgehead atoms. The molecule has 0 spiro atoms. The van der Waals surface area contributed by atoms with Crippen LogP contribution in [0, 0.1) is 0 Å². The number of aromatic nitrogens is 3. The van der Waals surface area contributed by atoms with Crippen molar-refractivity contribution in [1.29, 1.82) is 0 Å². The van der Waals surface area contributed by atoms with Crippen molar-refractivity contribution in [2.45, 2.75) is 6.42 Å². The van der Waals surface area contributed by atoms with Gasteiger partial charge in [0, 0.05) is 102 Å². The fraction of sp³-hybridized carbons (Fsp3) is 0.0112. The lowest BCUT2D eigenvalue weighted by atomic mass is 10.00. The maximum Gasteiger partial charge on any atom is 0.0788 e. The minimum atomic E-state index is 1.03. The number of nitrogens with zero attached hydrogens (tertiary/aromatic N) is 3. The molecule has 0 N–H and O–H groups in total. The summed E-state index contributed by atoms with van der Waals surface area (Å²) in [6, 6.07) is 118. The van der Waals surface area contributed by atoms with Crippen molar-refractivity contribution in [2.75, 3.05) is 0 Å². The van der Waals surface area contributed by atoms with Gasteiger partial charge >= 0.3 is 0 Å². The van der Waals surface area contributed by atoms with Gasteiger partial charge in [-0.05, 0) is 133 Å². The van der Waals surface area contributed by atoms with Gasteiger partial charge in [0.25, 0.3) is 0 Å². The molecular formula is C89H58BrN3S2. The Balaban J connectivity index is 0.000000115. The van der Waals surface area contributed by atoms with E-state index in [-0.39, 0.29) is 0 Å². The van der Waals surface area contributed by atoms with Crippen molar-refractivity contribution in [3.63, 3.8) is 0 Å². The molecule has 0 atom stereocenters. The molecule has 0 fully saturated rings. The minimum Gasteiger partial charge on any atom is -0.316 e. The summed E-state index contributed by atoms with van der Waals surface area (Å²) in [6.45, 7) is 0. The van der Waals surface area contributed by atoms with E-state index in [0.717, 1.165) is 22.3 Å². The molecule has 5 heterocycles. The van der Waals surface area contributed by atoms with E-state index in [4.69, 9.17) is 0 Å². The van der Waals surface area contributed by atoms with Gasteiger partial charge in [-0.1, -0.05) is 277 Å². The highest BCUT2D eigenvalue weighted by Crippen LogP contribution is 2.47. The minimum absolute atomic E-state index is 1.03. The van der Waals surface area contributed by atoms with Gasteiger partial charge in [-0.2, -0.15) is 0 Å². The Morgan fingerprint density at radius 1 is 0.263 bits per heavy atom. The standard InChI is InChI=1S/C44H28N2S.C24H15BrS.C21H15N/c1-3-11-29(12-4-1)34-16-9-18-38-39-19-10-17-35(44(39)47-43(34)38)30-21-24-33(25-22-30)46-40-20-8-7-15-36(40)37-26-23-31-27-28-45(41(31)42(37)46)32-13-5-2-6-14-32;25-18-14-12-17(13-15-18)20-9-5-11-22-21-10-4-8-19(23(21)26-24(20)22)16-6-2-1-3-7-16;1-2-7-17(8-3-1)22-13-12-15-10-11-19-18-9-5-4-6-16(18)14-20(19)21(15)22/h1-28H;1-15H;1-13H,14H2. The van der Waals surface area contributed by atoms with E-state index in [0.29, 0.717) is 0 Å². The van der Waals surface area contributed by atoms with Gasteiger partial charge in [0.2, 0.25) is 0 Å². The van der Waals surface area contributed by atoms with Gasteiger partial charge in [-0.25, -0.2) is 0 Å². The summed E-state index contributed by atoms with van der Waals surface area (Å²) in [4.78, 5) is 0. The van der Waals surface area contributed by atoms with Crippen molar-refractivity contribution in [1.82, 2.24) is 13.7 Å². The van der Waals surface area contributed by atoms with Crippen LogP contribution in [-0.4, -0.2) is 13.7 Å². The summed E-state index contributed by atoms with van der Waals surface area (Å²) in [5.74, 6) is 0. The first-order valence-corrected chi connectivity index (χ1v) is 34.7. The summed E-state index contributed by atoms with van der Waals surface area (Å²) in [6.07, 6.45) is 5.41. The molecule has 0 amide bonds. The van der Waals surface area contributed by atoms with E-state index in [1.165, 1.54) is 156 Å². The molecule has 1 aliphatic rings. The summed E-state index contributed by atoms with van der Waals surface area (Å²) in [7, 11) is 0. The largest absolute Gasteiger partial charge is 0.316 e. The lowest BCUT2D eigenvalue weighted by molar-refractivity contribution is 1.11. The number of hydrogen-bond acceptors (Lipinski definition) is 2. The number of thiophene rings is 2. The lowest BCUT2D eigenvalue weighted by Crippen LogP contribution is -1.98. The molecule has 95 heavy (non-hydrogen) atoms. The summed E-state index contributed by atoms with van der Waals surface area (Å²) < 4.78 is 13.6. The molecule has 0 aliphatic heterocycles. The van der Waals surface area contributed by atoms with Crippen LogP contribution < -0.4 is 0 Å². The molecule has 0 saturated carbocycles. The molecule has 0 unspecified atom stereocenters. The van der Waals surface area contributed by atoms with Crippen LogP contribution in [0.5, 0.6) is 0 Å². The fourth-order valence-corrected chi connectivity index (χ4v) is 17.6. The normalized spacial score (nSPS) is 11.8. The maximum atomic E-state index is 3.53. The van der Waals surface area contributed by atoms with Gasteiger partial charge in [-0.15, -0.1) is 22.7 Å². The third kappa shape index (κ3) is 9.83. The molecule has 14 aromatic carbocycles. The van der Waals surface area contributed by atoms with Gasteiger partial charge in [0.1, 0.15) is 0 Å². The smallest absolute Gasteiger partial charge is 0.0788 e. The quantitative estimate of drug-likeness (QED) is 0.151. The van der Waals surface area contributed by atoms with Crippen LogP contribution in [0.4, 0.5) is 0 Å². The number of fused-ring (bicyclic) bond motifs is 16. The molecule has 6 heteroatoms. The van der Waals surface area contributed by atoms with Crippen LogP contribution in [0.15, 0.2) is 344 Å². The van der Waals surface area contributed by atoms with Crippen molar-refractivity contribution in [3.8, 4) is 72.7 Å². The zero-order chi connectivity index (χ0) is 62.9. The van der Waals surface area contributed by atoms with Crippen molar-refractivity contribution >= 4 is 123 Å². The Bertz CT molecular complexity index is 6100. The number of halogens is 1. The highest BCUT2D eigenvalue weighted by Gasteiger charge is 2.24. The number of benzene rings is 14. The SMILES string of the molecule is Brc1ccc(-c2cccc3c2sc2c(-c4ccccc4)cccc23)cc1.c1ccc(-c2cccc3c2sc2c(-c4ccc(-n5c6ccccc6c6ccc7ccn(-c8ccccc8)c7c65)cc4)cccc23)cc1.c1ccc(-n2ccc3ccc4c(c32)Cc2ccccc2-4)cc1. The molecule has 0 radical (unpaired) electrons. The van der Waals surface area contributed by atoms with Crippen molar-refractivity contribution in [3.05, 3.63) is 356 Å². The Hall–Kier alpha value is -11.1. The van der Waals surface area contributed by atoms with Crippen LogP contribution in [0.25, 0.3) is 157 Å². The Morgan fingerprint density at radius 2 is 0.674 bits per heavy atom. The van der Waals surface area contributed by atoms with E-state index in [1.807, 2.05) is 22.7 Å². The summed E-state index contributed by atoms with van der Waals surface area (Å²) >= 11 is 7.34. The lowest BCUT2D eigenvalue weighted by Gasteiger charge is -2.12. The van der Waals surface area contributed by atoms with Crippen LogP contribution in [-0.2, 0) is 6.42 Å². The first kappa shape index (κ1) is 56.6. The van der Waals surface area contributed by atoms with E-state index in [2.05, 4.69) is 370 Å². The number of rotatable bonds is 7. The first-order valence-electron chi connectivity index (χ1n) is 32.3. The van der Waals surface area contributed by atoms with Crippen LogP contribution in [0.2, 0.25) is 0 Å². The maximum absolute atomic E-state index is 3.53. The molecule has 0 saturated heterocycles. The van der Waals surface area contributed by atoms with Crippen molar-refractivity contribution in [2.24, 2.45) is 0 Å². The van der Waals surface area contributed by atoms with Gasteiger partial charge in [-0.3, -0.25) is 0 Å². The molecule has 5 aromatic heterocycles. The number of hydrogen-bond donors (Lipinski definition) is 0. The molecule has 3 nitrogen and oxygen atoms in total. The average Bonchev–Trinajstić information content (AvgIpc) is 1.59. The first-order chi connectivity index (χ1) is 47.1. The van der Waals surface area contributed by atoms with Crippen LogP contribution in [0.1, 0.15) is 11.1 Å².